The van der Waals surface area contributed by atoms with E-state index in [0.717, 1.165) is 37.2 Å². The van der Waals surface area contributed by atoms with Crippen LogP contribution in [0.4, 0.5) is 10.2 Å². The van der Waals surface area contributed by atoms with Gasteiger partial charge in [0.2, 0.25) is 0 Å². The van der Waals surface area contributed by atoms with Gasteiger partial charge >= 0.3 is 0 Å². The topological polar surface area (TPSA) is 39.9 Å². The lowest BCUT2D eigenvalue weighted by atomic mass is 10.1. The van der Waals surface area contributed by atoms with Crippen LogP contribution >= 0.6 is 0 Å². The molecule has 1 fully saturated rings. The first kappa shape index (κ1) is 13.6. The van der Waals surface area contributed by atoms with Gasteiger partial charge in [-0.3, -0.25) is 0 Å². The Kier molecular flexibility index (Phi) is 3.83. The first-order valence-corrected chi connectivity index (χ1v) is 7.14. The van der Waals surface area contributed by atoms with Crippen LogP contribution in [-0.4, -0.2) is 17.6 Å². The summed E-state index contributed by atoms with van der Waals surface area (Å²) in [5.41, 5.74) is 1.42. The summed E-state index contributed by atoms with van der Waals surface area (Å²) in [4.78, 5) is 6.60. The Hall–Kier alpha value is -2.41. The van der Waals surface area contributed by atoms with Gasteiger partial charge < -0.3 is 4.90 Å². The van der Waals surface area contributed by atoms with Crippen molar-refractivity contribution >= 4 is 5.82 Å². The summed E-state index contributed by atoms with van der Waals surface area (Å²) in [6.07, 6.45) is 3.08. The highest BCUT2D eigenvalue weighted by molar-refractivity contribution is 5.44. The van der Waals surface area contributed by atoms with Gasteiger partial charge in [-0.25, -0.2) is 9.37 Å². The molecule has 1 aliphatic carbocycles. The second-order valence-electron chi connectivity index (χ2n) is 5.30. The summed E-state index contributed by atoms with van der Waals surface area (Å²) >= 11 is 0. The van der Waals surface area contributed by atoms with Crippen LogP contribution in [0.3, 0.4) is 0 Å². The molecule has 1 aromatic heterocycles. The summed E-state index contributed by atoms with van der Waals surface area (Å²) in [6, 6.07) is 14.8. The predicted molar refractivity (Wildman–Crippen MR) is 79.4 cm³/mol. The molecule has 4 heteroatoms. The van der Waals surface area contributed by atoms with Gasteiger partial charge in [0.25, 0.3) is 0 Å². The van der Waals surface area contributed by atoms with Crippen LogP contribution < -0.4 is 4.90 Å². The monoisotopic (exact) mass is 281 g/mol. The van der Waals surface area contributed by atoms with Crippen molar-refractivity contribution in [1.82, 2.24) is 4.98 Å². The lowest BCUT2D eigenvalue weighted by Crippen LogP contribution is -2.29. The van der Waals surface area contributed by atoms with Crippen LogP contribution in [-0.2, 0) is 6.42 Å². The summed E-state index contributed by atoms with van der Waals surface area (Å²) in [5, 5.41) is 8.96. The molecule has 0 amide bonds. The standard InChI is InChI=1S/C17H16FN3/c18-14-4-1-3-13(11-14)9-10-21(16-7-8-16)17-6-2-5-15(12-19)20-17/h1-6,11,16H,7-10H2. The highest BCUT2D eigenvalue weighted by Crippen LogP contribution is 2.30. The lowest BCUT2D eigenvalue weighted by Gasteiger charge is -2.23. The molecule has 1 aliphatic rings. The lowest BCUT2D eigenvalue weighted by molar-refractivity contribution is 0.624. The maximum atomic E-state index is 13.2. The van der Waals surface area contributed by atoms with Crippen LogP contribution in [0.2, 0.25) is 0 Å². The largest absolute Gasteiger partial charge is 0.353 e. The Balaban J connectivity index is 1.74. The van der Waals surface area contributed by atoms with Crippen LogP contribution in [0.5, 0.6) is 0 Å². The minimum Gasteiger partial charge on any atom is -0.353 e. The Bertz CT molecular complexity index is 674. The van der Waals surface area contributed by atoms with Crippen molar-refractivity contribution in [2.24, 2.45) is 0 Å². The number of hydrogen-bond acceptors (Lipinski definition) is 3. The number of halogens is 1. The zero-order valence-corrected chi connectivity index (χ0v) is 11.7. The van der Waals surface area contributed by atoms with Crippen molar-refractivity contribution in [1.29, 1.82) is 5.26 Å². The summed E-state index contributed by atoms with van der Waals surface area (Å²) < 4.78 is 13.2. The molecule has 2 aromatic rings. The maximum absolute atomic E-state index is 13.2. The molecule has 106 valence electrons. The van der Waals surface area contributed by atoms with Gasteiger partial charge in [-0.1, -0.05) is 18.2 Å². The fourth-order valence-corrected chi connectivity index (χ4v) is 2.46. The second-order valence-corrected chi connectivity index (χ2v) is 5.30. The molecule has 0 atom stereocenters. The van der Waals surface area contributed by atoms with E-state index in [2.05, 4.69) is 16.0 Å². The van der Waals surface area contributed by atoms with E-state index >= 15 is 0 Å². The zero-order chi connectivity index (χ0) is 14.7. The fraction of sp³-hybridized carbons (Fsp3) is 0.294. The summed E-state index contributed by atoms with van der Waals surface area (Å²) in [5.74, 6) is 0.642. The van der Waals surface area contributed by atoms with Crippen LogP contribution in [0, 0.1) is 17.1 Å². The minimum atomic E-state index is -0.199. The zero-order valence-electron chi connectivity index (χ0n) is 11.7. The molecule has 0 N–H and O–H groups in total. The van der Waals surface area contributed by atoms with Gasteiger partial charge in [0, 0.05) is 12.6 Å². The molecule has 21 heavy (non-hydrogen) atoms. The quantitative estimate of drug-likeness (QED) is 0.844. The maximum Gasteiger partial charge on any atom is 0.142 e. The molecular formula is C17H16FN3. The number of pyridine rings is 1. The van der Waals surface area contributed by atoms with Gasteiger partial charge in [0.15, 0.2) is 0 Å². The molecule has 3 nitrogen and oxygen atoms in total. The first-order chi connectivity index (χ1) is 10.3. The molecular weight excluding hydrogens is 265 g/mol. The molecule has 0 aliphatic heterocycles. The number of rotatable bonds is 5. The molecule has 1 saturated carbocycles. The Morgan fingerprint density at radius 1 is 1.24 bits per heavy atom. The van der Waals surface area contributed by atoms with Crippen molar-refractivity contribution < 1.29 is 4.39 Å². The Morgan fingerprint density at radius 2 is 2.05 bits per heavy atom. The van der Waals surface area contributed by atoms with E-state index < -0.39 is 0 Å². The number of anilines is 1. The highest BCUT2D eigenvalue weighted by atomic mass is 19.1. The molecule has 1 heterocycles. The molecule has 1 aromatic carbocycles. The molecule has 0 saturated heterocycles. The normalized spacial score (nSPS) is 13.7. The van der Waals surface area contributed by atoms with Gasteiger partial charge in [-0.05, 0) is 49.1 Å². The number of hydrogen-bond donors (Lipinski definition) is 0. The van der Waals surface area contributed by atoms with Crippen molar-refractivity contribution in [3.63, 3.8) is 0 Å². The van der Waals surface area contributed by atoms with Crippen molar-refractivity contribution in [3.05, 3.63) is 59.5 Å². The van der Waals surface area contributed by atoms with Gasteiger partial charge in [-0.2, -0.15) is 5.26 Å². The van der Waals surface area contributed by atoms with E-state index in [-0.39, 0.29) is 5.82 Å². The Labute approximate surface area is 123 Å². The predicted octanol–water partition coefficient (Wildman–Crippen LogP) is 3.30. The molecule has 0 radical (unpaired) electrons. The van der Waals surface area contributed by atoms with E-state index in [1.54, 1.807) is 18.2 Å². The third-order valence-corrected chi connectivity index (χ3v) is 3.66. The third-order valence-electron chi connectivity index (χ3n) is 3.66. The van der Waals surface area contributed by atoms with E-state index in [9.17, 15) is 4.39 Å². The molecule has 0 spiro atoms. The molecule has 3 rings (SSSR count). The number of nitrogens with zero attached hydrogens (tertiary/aromatic N) is 3. The van der Waals surface area contributed by atoms with Gasteiger partial charge in [0.05, 0.1) is 0 Å². The number of aromatic nitrogens is 1. The molecule has 0 bridgehead atoms. The third kappa shape index (κ3) is 3.38. The number of benzene rings is 1. The second kappa shape index (κ2) is 5.92. The number of nitriles is 1. The van der Waals surface area contributed by atoms with Crippen LogP contribution in [0.25, 0.3) is 0 Å². The van der Waals surface area contributed by atoms with Gasteiger partial charge in [-0.15, -0.1) is 0 Å². The summed E-state index contributed by atoms with van der Waals surface area (Å²) in [7, 11) is 0. The first-order valence-electron chi connectivity index (χ1n) is 7.14. The van der Waals surface area contributed by atoms with E-state index in [1.807, 2.05) is 18.2 Å². The summed E-state index contributed by atoms with van der Waals surface area (Å²) in [6.45, 7) is 0.788. The van der Waals surface area contributed by atoms with Crippen molar-refractivity contribution in [2.75, 3.05) is 11.4 Å². The fourth-order valence-electron chi connectivity index (χ4n) is 2.46. The minimum absolute atomic E-state index is 0.199. The van der Waals surface area contributed by atoms with E-state index in [4.69, 9.17) is 5.26 Å². The smallest absolute Gasteiger partial charge is 0.142 e. The van der Waals surface area contributed by atoms with Crippen molar-refractivity contribution in [3.8, 4) is 6.07 Å². The highest BCUT2D eigenvalue weighted by Gasteiger charge is 2.29. The average molecular weight is 281 g/mol. The molecule has 0 unspecified atom stereocenters. The SMILES string of the molecule is N#Cc1cccc(N(CCc2cccc(F)c2)C2CC2)n1. The Morgan fingerprint density at radius 3 is 2.76 bits per heavy atom. The average Bonchev–Trinajstić information content (AvgIpc) is 3.33. The van der Waals surface area contributed by atoms with Crippen LogP contribution in [0.15, 0.2) is 42.5 Å². The van der Waals surface area contributed by atoms with E-state index in [1.165, 1.54) is 6.07 Å². The van der Waals surface area contributed by atoms with Gasteiger partial charge in [0.1, 0.15) is 23.4 Å². The van der Waals surface area contributed by atoms with E-state index in [0.29, 0.717) is 11.7 Å². The van der Waals surface area contributed by atoms with Crippen LogP contribution in [0.1, 0.15) is 24.1 Å². The van der Waals surface area contributed by atoms with Crippen molar-refractivity contribution in [2.45, 2.75) is 25.3 Å².